The van der Waals surface area contributed by atoms with Crippen molar-refractivity contribution >= 4 is 22.6 Å². The summed E-state index contributed by atoms with van der Waals surface area (Å²) in [5, 5.41) is 5.35. The van der Waals surface area contributed by atoms with Gasteiger partial charge in [0.15, 0.2) is 5.58 Å². The molecule has 3 rings (SSSR count). The van der Waals surface area contributed by atoms with Crippen LogP contribution in [0, 0.1) is 11.8 Å². The molecular formula is C16H20ClNO. The highest BCUT2D eigenvalue weighted by Crippen LogP contribution is 2.43. The largest absolute Gasteiger partial charge is 0.458 e. The molecule has 2 aromatic rings. The molecule has 1 N–H and O–H groups in total. The molecule has 2 nitrogen and oxygen atoms in total. The van der Waals surface area contributed by atoms with E-state index in [4.69, 9.17) is 16.0 Å². The third kappa shape index (κ3) is 2.52. The number of hydrogen-bond acceptors (Lipinski definition) is 2. The van der Waals surface area contributed by atoms with E-state index >= 15 is 0 Å². The Hall–Kier alpha value is -0.990. The first-order valence-corrected chi connectivity index (χ1v) is 7.50. The molecular weight excluding hydrogens is 258 g/mol. The topological polar surface area (TPSA) is 25.2 Å². The average molecular weight is 278 g/mol. The van der Waals surface area contributed by atoms with Gasteiger partial charge in [-0.1, -0.05) is 37.6 Å². The predicted octanol–water partition coefficient (Wildman–Crippen LogP) is 4.78. The van der Waals surface area contributed by atoms with E-state index in [1.54, 1.807) is 0 Å². The zero-order chi connectivity index (χ0) is 13.4. The van der Waals surface area contributed by atoms with Gasteiger partial charge < -0.3 is 9.73 Å². The van der Waals surface area contributed by atoms with E-state index in [1.807, 2.05) is 12.1 Å². The number of halogens is 1. The van der Waals surface area contributed by atoms with Crippen LogP contribution in [0.1, 0.15) is 38.5 Å². The Morgan fingerprint density at radius 2 is 2.21 bits per heavy atom. The van der Waals surface area contributed by atoms with E-state index in [1.165, 1.54) is 12.8 Å². The fourth-order valence-corrected chi connectivity index (χ4v) is 3.08. The molecule has 102 valence electrons. The van der Waals surface area contributed by atoms with Crippen LogP contribution in [0.3, 0.4) is 0 Å². The van der Waals surface area contributed by atoms with Crippen molar-refractivity contribution in [2.45, 2.75) is 32.7 Å². The molecule has 3 heteroatoms. The van der Waals surface area contributed by atoms with Crippen molar-refractivity contribution < 1.29 is 4.42 Å². The lowest BCUT2D eigenvalue weighted by atomic mass is 9.94. The normalized spacial score (nSPS) is 18.7. The Labute approximate surface area is 119 Å². The second-order valence-corrected chi connectivity index (χ2v) is 5.95. The second kappa shape index (κ2) is 5.18. The molecule has 0 bridgehead atoms. The highest BCUT2D eigenvalue weighted by Gasteiger charge is 2.35. The van der Waals surface area contributed by atoms with Gasteiger partial charge in [0.1, 0.15) is 5.76 Å². The van der Waals surface area contributed by atoms with Crippen molar-refractivity contribution in [3.8, 4) is 0 Å². The van der Waals surface area contributed by atoms with Gasteiger partial charge in [-0.3, -0.25) is 0 Å². The summed E-state index contributed by atoms with van der Waals surface area (Å²) in [6.45, 7) is 5.41. The Balaban J connectivity index is 1.97. The lowest BCUT2D eigenvalue weighted by Gasteiger charge is -2.22. The molecule has 0 saturated heterocycles. The van der Waals surface area contributed by atoms with Gasteiger partial charge in [-0.25, -0.2) is 0 Å². The highest BCUT2D eigenvalue weighted by atomic mass is 35.5. The Kier molecular flexibility index (Phi) is 3.55. The van der Waals surface area contributed by atoms with Crippen LogP contribution in [0.4, 0.5) is 0 Å². The number of nitrogens with one attached hydrogen (secondary N) is 1. The van der Waals surface area contributed by atoms with E-state index < -0.39 is 0 Å². The number of furan rings is 1. The minimum Gasteiger partial charge on any atom is -0.458 e. The van der Waals surface area contributed by atoms with Crippen molar-refractivity contribution in [2.24, 2.45) is 11.8 Å². The molecule has 2 unspecified atom stereocenters. The van der Waals surface area contributed by atoms with E-state index in [2.05, 4.69) is 31.3 Å². The maximum atomic E-state index is 6.19. The smallest absolute Gasteiger partial charge is 0.152 e. The molecule has 19 heavy (non-hydrogen) atoms. The lowest BCUT2D eigenvalue weighted by molar-refractivity contribution is 0.311. The van der Waals surface area contributed by atoms with Crippen LogP contribution < -0.4 is 5.32 Å². The quantitative estimate of drug-likeness (QED) is 0.850. The van der Waals surface area contributed by atoms with Crippen molar-refractivity contribution in [2.75, 3.05) is 6.54 Å². The molecule has 0 aliphatic heterocycles. The summed E-state index contributed by atoms with van der Waals surface area (Å²) in [5.74, 6) is 2.47. The summed E-state index contributed by atoms with van der Waals surface area (Å²) in [7, 11) is 0. The minimum atomic E-state index is 0.293. The van der Waals surface area contributed by atoms with Crippen molar-refractivity contribution in [3.63, 3.8) is 0 Å². The maximum Gasteiger partial charge on any atom is 0.152 e. The van der Waals surface area contributed by atoms with E-state index in [-0.39, 0.29) is 0 Å². The minimum absolute atomic E-state index is 0.293. The number of para-hydroxylation sites is 1. The summed E-state index contributed by atoms with van der Waals surface area (Å²) in [6.07, 6.45) is 2.70. The van der Waals surface area contributed by atoms with Crippen LogP contribution in [0.5, 0.6) is 0 Å². The third-order valence-electron chi connectivity index (χ3n) is 4.14. The predicted molar refractivity (Wildman–Crippen MR) is 79.5 cm³/mol. The number of hydrogen-bond donors (Lipinski definition) is 1. The monoisotopic (exact) mass is 277 g/mol. The van der Waals surface area contributed by atoms with Crippen LogP contribution in [0.15, 0.2) is 28.7 Å². The molecule has 1 aliphatic rings. The van der Waals surface area contributed by atoms with Crippen LogP contribution >= 0.6 is 11.6 Å². The average Bonchev–Trinajstić information content (AvgIpc) is 3.15. The molecule has 2 atom stereocenters. The summed E-state index contributed by atoms with van der Waals surface area (Å²) in [6, 6.07) is 8.33. The third-order valence-corrected chi connectivity index (χ3v) is 4.43. The maximum absolute atomic E-state index is 6.19. The van der Waals surface area contributed by atoms with Gasteiger partial charge in [0.25, 0.3) is 0 Å². The van der Waals surface area contributed by atoms with Gasteiger partial charge in [-0.15, -0.1) is 0 Å². The van der Waals surface area contributed by atoms with Crippen molar-refractivity contribution in [1.82, 2.24) is 5.32 Å². The Bertz CT molecular complexity index is 573. The van der Waals surface area contributed by atoms with Crippen LogP contribution in [-0.4, -0.2) is 6.54 Å². The molecule has 0 amide bonds. The van der Waals surface area contributed by atoms with Crippen LogP contribution in [-0.2, 0) is 0 Å². The molecule has 1 aromatic carbocycles. The molecule has 0 radical (unpaired) electrons. The molecule has 1 aliphatic carbocycles. The van der Waals surface area contributed by atoms with E-state index in [0.717, 1.165) is 29.2 Å². The standard InChI is InChI=1S/C16H20ClNO/c1-3-18-15(10(2)11-7-8-11)14-9-12-5-4-6-13(17)16(12)19-14/h4-6,9-11,15,18H,3,7-8H2,1-2H3. The molecule has 1 aromatic heterocycles. The molecule has 1 fully saturated rings. The van der Waals surface area contributed by atoms with Crippen LogP contribution in [0.2, 0.25) is 5.02 Å². The first-order chi connectivity index (χ1) is 9.20. The molecule has 1 saturated carbocycles. The van der Waals surface area contributed by atoms with Gasteiger partial charge >= 0.3 is 0 Å². The second-order valence-electron chi connectivity index (χ2n) is 5.54. The lowest BCUT2D eigenvalue weighted by Crippen LogP contribution is -2.27. The van der Waals surface area contributed by atoms with Gasteiger partial charge in [-0.2, -0.15) is 0 Å². The van der Waals surface area contributed by atoms with E-state index in [0.29, 0.717) is 17.0 Å². The number of benzene rings is 1. The van der Waals surface area contributed by atoms with Crippen LogP contribution in [0.25, 0.3) is 11.0 Å². The summed E-state index contributed by atoms with van der Waals surface area (Å²) < 4.78 is 6.02. The summed E-state index contributed by atoms with van der Waals surface area (Å²) in [5.41, 5.74) is 0.810. The fourth-order valence-electron chi connectivity index (χ4n) is 2.86. The van der Waals surface area contributed by atoms with E-state index in [9.17, 15) is 0 Å². The zero-order valence-corrected chi connectivity index (χ0v) is 12.2. The SMILES string of the molecule is CCNC(c1cc2cccc(Cl)c2o1)C(C)C1CC1. The zero-order valence-electron chi connectivity index (χ0n) is 11.4. The Morgan fingerprint density at radius 3 is 2.84 bits per heavy atom. The number of fused-ring (bicyclic) bond motifs is 1. The summed E-state index contributed by atoms with van der Waals surface area (Å²) in [4.78, 5) is 0. The summed E-state index contributed by atoms with van der Waals surface area (Å²) >= 11 is 6.19. The first kappa shape index (κ1) is 13.0. The van der Waals surface area contributed by atoms with Crippen molar-refractivity contribution in [1.29, 1.82) is 0 Å². The Morgan fingerprint density at radius 1 is 1.42 bits per heavy atom. The van der Waals surface area contributed by atoms with Gasteiger partial charge in [0, 0.05) is 5.39 Å². The molecule has 1 heterocycles. The molecule has 0 spiro atoms. The highest BCUT2D eigenvalue weighted by molar-refractivity contribution is 6.34. The van der Waals surface area contributed by atoms with Gasteiger partial charge in [0.05, 0.1) is 11.1 Å². The van der Waals surface area contributed by atoms with Gasteiger partial charge in [-0.05, 0) is 43.4 Å². The first-order valence-electron chi connectivity index (χ1n) is 7.12. The van der Waals surface area contributed by atoms with Crippen molar-refractivity contribution in [3.05, 3.63) is 35.0 Å². The number of rotatable bonds is 5. The fraction of sp³-hybridized carbons (Fsp3) is 0.500. The van der Waals surface area contributed by atoms with Gasteiger partial charge in [0.2, 0.25) is 0 Å².